The Morgan fingerprint density at radius 2 is 1.84 bits per heavy atom. The van der Waals surface area contributed by atoms with Gasteiger partial charge in [0.2, 0.25) is 11.8 Å². The molecule has 0 bridgehead atoms. The van der Waals surface area contributed by atoms with Gasteiger partial charge in [-0.3, -0.25) is 9.59 Å². The first-order valence-corrected chi connectivity index (χ1v) is 7.35. The molecule has 108 valence electrons. The van der Waals surface area contributed by atoms with Gasteiger partial charge >= 0.3 is 0 Å². The zero-order chi connectivity index (χ0) is 14.0. The predicted octanol–water partition coefficient (Wildman–Crippen LogP) is 0.772. The van der Waals surface area contributed by atoms with Crippen LogP contribution in [0.5, 0.6) is 0 Å². The van der Waals surface area contributed by atoms with Gasteiger partial charge in [-0.15, -0.1) is 0 Å². The number of nitrogens with zero attached hydrogens (tertiary/aromatic N) is 1. The minimum Gasteiger partial charge on any atom is -0.350 e. The molecule has 2 aliphatic rings. The molecule has 3 N–H and O–H groups in total. The van der Waals surface area contributed by atoms with E-state index in [2.05, 4.69) is 5.32 Å². The Labute approximate surface area is 114 Å². The standard InChI is InChI=1S/C14H25N3O2/c1-9(15)14(19)16-12-5-3-4-6-13(12)17(10(2)18)11-7-8-11/h9,11-13H,3-8,15H2,1-2H3,(H,16,19)/t9-,12-,13-/m0/s1. The number of nitrogens with two attached hydrogens (primary N) is 1. The summed E-state index contributed by atoms with van der Waals surface area (Å²) in [7, 11) is 0. The van der Waals surface area contributed by atoms with Crippen molar-refractivity contribution in [3.63, 3.8) is 0 Å². The Hall–Kier alpha value is -1.10. The lowest BCUT2D eigenvalue weighted by Crippen LogP contribution is -2.57. The second kappa shape index (κ2) is 5.90. The molecule has 0 radical (unpaired) electrons. The topological polar surface area (TPSA) is 75.4 Å². The largest absolute Gasteiger partial charge is 0.350 e. The molecule has 0 heterocycles. The van der Waals surface area contributed by atoms with Crippen LogP contribution in [0.1, 0.15) is 52.4 Å². The number of rotatable bonds is 4. The van der Waals surface area contributed by atoms with Gasteiger partial charge < -0.3 is 16.0 Å². The van der Waals surface area contributed by atoms with Gasteiger partial charge in [0.25, 0.3) is 0 Å². The van der Waals surface area contributed by atoms with E-state index in [1.807, 2.05) is 4.90 Å². The van der Waals surface area contributed by atoms with Gasteiger partial charge in [0.05, 0.1) is 12.1 Å². The molecule has 0 aromatic heterocycles. The lowest BCUT2D eigenvalue weighted by molar-refractivity contribution is -0.134. The molecule has 5 heteroatoms. The van der Waals surface area contributed by atoms with E-state index in [9.17, 15) is 9.59 Å². The molecule has 19 heavy (non-hydrogen) atoms. The molecule has 0 aliphatic heterocycles. The van der Waals surface area contributed by atoms with Crippen LogP contribution in [0.2, 0.25) is 0 Å². The molecule has 2 amide bonds. The summed E-state index contributed by atoms with van der Waals surface area (Å²) < 4.78 is 0. The van der Waals surface area contributed by atoms with Crippen LogP contribution >= 0.6 is 0 Å². The monoisotopic (exact) mass is 267 g/mol. The molecule has 0 unspecified atom stereocenters. The Morgan fingerprint density at radius 1 is 1.21 bits per heavy atom. The summed E-state index contributed by atoms with van der Waals surface area (Å²) >= 11 is 0. The summed E-state index contributed by atoms with van der Waals surface area (Å²) in [5.41, 5.74) is 5.61. The van der Waals surface area contributed by atoms with Crippen molar-refractivity contribution < 1.29 is 9.59 Å². The quantitative estimate of drug-likeness (QED) is 0.790. The normalized spacial score (nSPS) is 28.6. The molecule has 0 aromatic carbocycles. The minimum absolute atomic E-state index is 0.0664. The van der Waals surface area contributed by atoms with Gasteiger partial charge in [0, 0.05) is 19.0 Å². The fourth-order valence-electron chi connectivity index (χ4n) is 3.04. The van der Waals surface area contributed by atoms with Gasteiger partial charge in [-0.2, -0.15) is 0 Å². The van der Waals surface area contributed by atoms with Crippen LogP contribution in [-0.4, -0.2) is 40.9 Å². The zero-order valence-corrected chi connectivity index (χ0v) is 11.9. The molecule has 5 nitrogen and oxygen atoms in total. The highest BCUT2D eigenvalue weighted by atomic mass is 16.2. The summed E-state index contributed by atoms with van der Waals surface area (Å²) in [5, 5.41) is 3.03. The highest BCUT2D eigenvalue weighted by Gasteiger charge is 2.40. The third-order valence-electron chi connectivity index (χ3n) is 4.13. The summed E-state index contributed by atoms with van der Waals surface area (Å²) in [4.78, 5) is 25.7. The number of amides is 2. The Balaban J connectivity index is 2.06. The van der Waals surface area contributed by atoms with Crippen LogP contribution in [0.4, 0.5) is 0 Å². The van der Waals surface area contributed by atoms with Crippen molar-refractivity contribution in [2.75, 3.05) is 0 Å². The van der Waals surface area contributed by atoms with Crippen molar-refractivity contribution >= 4 is 11.8 Å². The van der Waals surface area contributed by atoms with Crippen LogP contribution in [0, 0.1) is 0 Å². The number of hydrogen-bond donors (Lipinski definition) is 2. The molecular formula is C14H25N3O2. The second-order valence-corrected chi connectivity index (χ2v) is 5.91. The fourth-order valence-corrected chi connectivity index (χ4v) is 3.04. The van der Waals surface area contributed by atoms with Crippen LogP contribution in [0.15, 0.2) is 0 Å². The third-order valence-corrected chi connectivity index (χ3v) is 4.13. The van der Waals surface area contributed by atoms with Crippen molar-refractivity contribution in [2.24, 2.45) is 5.73 Å². The fraction of sp³-hybridized carbons (Fsp3) is 0.857. The van der Waals surface area contributed by atoms with Gasteiger partial charge in [-0.1, -0.05) is 12.8 Å². The van der Waals surface area contributed by atoms with Crippen LogP contribution < -0.4 is 11.1 Å². The number of carbonyl (C=O) groups excluding carboxylic acids is 2. The van der Waals surface area contributed by atoms with Crippen molar-refractivity contribution in [1.29, 1.82) is 0 Å². The average molecular weight is 267 g/mol. The SMILES string of the molecule is CC(=O)N(C1CC1)[C@H]1CCCC[C@@H]1NC(=O)[C@H](C)N. The molecule has 0 saturated heterocycles. The summed E-state index contributed by atoms with van der Waals surface area (Å²) in [6, 6.07) is 0.128. The summed E-state index contributed by atoms with van der Waals surface area (Å²) in [5.74, 6) is 0.0191. The van der Waals surface area contributed by atoms with Crippen LogP contribution in [-0.2, 0) is 9.59 Å². The van der Waals surface area contributed by atoms with E-state index < -0.39 is 6.04 Å². The Kier molecular flexibility index (Phi) is 4.45. The molecule has 0 aromatic rings. The van der Waals surface area contributed by atoms with E-state index in [0.717, 1.165) is 38.5 Å². The summed E-state index contributed by atoms with van der Waals surface area (Å²) in [6.45, 7) is 3.33. The smallest absolute Gasteiger partial charge is 0.236 e. The maximum atomic E-state index is 11.9. The first kappa shape index (κ1) is 14.3. The van der Waals surface area contributed by atoms with Crippen molar-refractivity contribution in [2.45, 2.75) is 76.5 Å². The highest BCUT2D eigenvalue weighted by molar-refractivity contribution is 5.81. The van der Waals surface area contributed by atoms with Crippen LogP contribution in [0.25, 0.3) is 0 Å². The number of carbonyl (C=O) groups is 2. The first-order valence-electron chi connectivity index (χ1n) is 7.35. The van der Waals surface area contributed by atoms with E-state index in [1.54, 1.807) is 13.8 Å². The maximum absolute atomic E-state index is 11.9. The molecule has 2 aliphatic carbocycles. The highest BCUT2D eigenvalue weighted by Crippen LogP contribution is 2.33. The minimum atomic E-state index is -0.491. The van der Waals surface area contributed by atoms with Crippen molar-refractivity contribution in [3.8, 4) is 0 Å². The van der Waals surface area contributed by atoms with Gasteiger partial charge in [-0.05, 0) is 32.6 Å². The van der Waals surface area contributed by atoms with Gasteiger partial charge in [0.1, 0.15) is 0 Å². The lowest BCUT2D eigenvalue weighted by Gasteiger charge is -2.40. The molecular weight excluding hydrogens is 242 g/mol. The third kappa shape index (κ3) is 3.47. The lowest BCUT2D eigenvalue weighted by atomic mass is 9.88. The van der Waals surface area contributed by atoms with E-state index >= 15 is 0 Å². The average Bonchev–Trinajstić information content (AvgIpc) is 3.15. The zero-order valence-electron chi connectivity index (χ0n) is 11.9. The van der Waals surface area contributed by atoms with Crippen LogP contribution in [0.3, 0.4) is 0 Å². The second-order valence-electron chi connectivity index (χ2n) is 5.91. The molecule has 3 atom stereocenters. The Bertz CT molecular complexity index is 353. The summed E-state index contributed by atoms with van der Waals surface area (Å²) in [6.07, 6.45) is 6.37. The predicted molar refractivity (Wildman–Crippen MR) is 73.4 cm³/mol. The molecule has 2 rings (SSSR count). The van der Waals surface area contributed by atoms with E-state index in [1.165, 1.54) is 0 Å². The van der Waals surface area contributed by atoms with Gasteiger partial charge in [-0.25, -0.2) is 0 Å². The van der Waals surface area contributed by atoms with Crippen molar-refractivity contribution in [3.05, 3.63) is 0 Å². The number of nitrogens with one attached hydrogen (secondary N) is 1. The van der Waals surface area contributed by atoms with Crippen molar-refractivity contribution in [1.82, 2.24) is 10.2 Å². The molecule has 2 saturated carbocycles. The first-order chi connectivity index (χ1) is 9.00. The van der Waals surface area contributed by atoms with E-state index in [4.69, 9.17) is 5.73 Å². The van der Waals surface area contributed by atoms with E-state index in [-0.39, 0.29) is 23.9 Å². The van der Waals surface area contributed by atoms with E-state index in [0.29, 0.717) is 6.04 Å². The molecule has 0 spiro atoms. The Morgan fingerprint density at radius 3 is 2.37 bits per heavy atom. The maximum Gasteiger partial charge on any atom is 0.236 e. The molecule has 2 fully saturated rings. The number of hydrogen-bond acceptors (Lipinski definition) is 3. The van der Waals surface area contributed by atoms with Gasteiger partial charge in [0.15, 0.2) is 0 Å².